The summed E-state index contributed by atoms with van der Waals surface area (Å²) >= 11 is 2.06. The lowest BCUT2D eigenvalue weighted by Crippen LogP contribution is -2.49. The van der Waals surface area contributed by atoms with Gasteiger partial charge in [-0.25, -0.2) is 12.7 Å². The van der Waals surface area contributed by atoms with E-state index in [2.05, 4.69) is 42.7 Å². The summed E-state index contributed by atoms with van der Waals surface area (Å²) in [5.41, 5.74) is 0. The summed E-state index contributed by atoms with van der Waals surface area (Å²) in [5, 5.41) is 4.06. The van der Waals surface area contributed by atoms with Crippen LogP contribution in [0, 0.1) is 11.8 Å². The Labute approximate surface area is 174 Å². The fourth-order valence-corrected chi connectivity index (χ4v) is 5.38. The highest BCUT2D eigenvalue weighted by atomic mass is 127. The van der Waals surface area contributed by atoms with Crippen LogP contribution in [-0.4, -0.2) is 80.1 Å². The number of thioether (sulfide) groups is 1. The fourth-order valence-electron chi connectivity index (χ4n) is 3.16. The monoisotopic (exact) mass is 504 g/mol. The minimum atomic E-state index is -3.07. The lowest BCUT2D eigenvalue weighted by molar-refractivity contribution is 0.379. The molecule has 2 saturated heterocycles. The van der Waals surface area contributed by atoms with Crippen LogP contribution in [0.25, 0.3) is 0 Å². The van der Waals surface area contributed by atoms with Crippen molar-refractivity contribution in [2.75, 3.05) is 51.3 Å². The average molecular weight is 505 g/mol. The second kappa shape index (κ2) is 10.6. The molecule has 0 aromatic rings. The third kappa shape index (κ3) is 7.06. The summed E-state index contributed by atoms with van der Waals surface area (Å²) in [6, 6.07) is 0. The molecule has 6 nitrogen and oxygen atoms in total. The molecule has 2 heterocycles. The SMILES string of the molecule is CCNC(=NCC1CCN(S(C)(=O)=O)C1)N1CCSC(C(C)C)C1.I. The number of hydrogen-bond donors (Lipinski definition) is 1. The molecule has 25 heavy (non-hydrogen) atoms. The molecule has 2 atom stereocenters. The first-order valence-corrected chi connectivity index (χ1v) is 11.8. The molecular formula is C16H33IN4O2S2. The molecule has 9 heteroatoms. The third-order valence-corrected chi connectivity index (χ3v) is 7.50. The molecule has 2 aliphatic rings. The Morgan fingerprint density at radius 2 is 2.04 bits per heavy atom. The van der Waals surface area contributed by atoms with Crippen molar-refractivity contribution >= 4 is 51.7 Å². The van der Waals surface area contributed by atoms with Crippen LogP contribution >= 0.6 is 35.7 Å². The Kier molecular flexibility index (Phi) is 9.84. The van der Waals surface area contributed by atoms with Crippen LogP contribution in [-0.2, 0) is 10.0 Å². The van der Waals surface area contributed by atoms with Crippen molar-refractivity contribution in [2.45, 2.75) is 32.4 Å². The van der Waals surface area contributed by atoms with Gasteiger partial charge in [0.2, 0.25) is 10.0 Å². The zero-order valence-corrected chi connectivity index (χ0v) is 19.7. The maximum Gasteiger partial charge on any atom is 0.211 e. The molecule has 0 aromatic heterocycles. The summed E-state index contributed by atoms with van der Waals surface area (Å²) in [6.45, 7) is 11.5. The highest BCUT2D eigenvalue weighted by Gasteiger charge is 2.29. The smallest absolute Gasteiger partial charge is 0.211 e. The minimum Gasteiger partial charge on any atom is -0.357 e. The number of halogens is 1. The van der Waals surface area contributed by atoms with Crippen LogP contribution in [0.5, 0.6) is 0 Å². The first-order valence-electron chi connectivity index (χ1n) is 8.91. The van der Waals surface area contributed by atoms with Gasteiger partial charge in [-0.05, 0) is 25.2 Å². The van der Waals surface area contributed by atoms with Crippen molar-refractivity contribution in [3.05, 3.63) is 0 Å². The summed E-state index contributed by atoms with van der Waals surface area (Å²) in [5.74, 6) is 3.12. The summed E-state index contributed by atoms with van der Waals surface area (Å²) in [4.78, 5) is 7.20. The Morgan fingerprint density at radius 3 is 2.60 bits per heavy atom. The van der Waals surface area contributed by atoms with E-state index in [4.69, 9.17) is 4.99 Å². The number of aliphatic imine (C=N–C) groups is 1. The van der Waals surface area contributed by atoms with Crippen LogP contribution in [0.3, 0.4) is 0 Å². The largest absolute Gasteiger partial charge is 0.357 e. The second-order valence-electron chi connectivity index (χ2n) is 7.07. The van der Waals surface area contributed by atoms with Gasteiger partial charge < -0.3 is 10.2 Å². The topological polar surface area (TPSA) is 65.0 Å². The number of guanidine groups is 1. The Hall–Kier alpha value is 0.260. The lowest BCUT2D eigenvalue weighted by Gasteiger charge is -2.36. The average Bonchev–Trinajstić information content (AvgIpc) is 3.00. The van der Waals surface area contributed by atoms with Crippen molar-refractivity contribution in [2.24, 2.45) is 16.8 Å². The van der Waals surface area contributed by atoms with E-state index >= 15 is 0 Å². The van der Waals surface area contributed by atoms with Crippen molar-refractivity contribution < 1.29 is 8.42 Å². The Balaban J connectivity index is 0.00000312. The molecule has 2 rings (SSSR count). The predicted molar refractivity (Wildman–Crippen MR) is 119 cm³/mol. The quantitative estimate of drug-likeness (QED) is 0.352. The summed E-state index contributed by atoms with van der Waals surface area (Å²) in [6.07, 6.45) is 2.20. The molecule has 0 amide bonds. The third-order valence-electron chi connectivity index (χ3n) is 4.69. The first kappa shape index (κ1) is 23.3. The molecule has 148 valence electrons. The molecule has 1 N–H and O–H groups in total. The van der Waals surface area contributed by atoms with Crippen LogP contribution < -0.4 is 5.32 Å². The highest BCUT2D eigenvalue weighted by molar-refractivity contribution is 14.0. The molecule has 0 bridgehead atoms. The maximum atomic E-state index is 11.6. The van der Waals surface area contributed by atoms with E-state index in [0.717, 1.165) is 37.8 Å². The van der Waals surface area contributed by atoms with E-state index in [-0.39, 0.29) is 24.0 Å². The van der Waals surface area contributed by atoms with Gasteiger partial charge in [0.15, 0.2) is 5.96 Å². The Bertz CT molecular complexity index is 542. The van der Waals surface area contributed by atoms with Gasteiger partial charge in [0.25, 0.3) is 0 Å². The molecule has 0 saturated carbocycles. The van der Waals surface area contributed by atoms with Gasteiger partial charge in [-0.3, -0.25) is 4.99 Å². The van der Waals surface area contributed by atoms with Crippen LogP contribution in [0.2, 0.25) is 0 Å². The zero-order chi connectivity index (χ0) is 17.7. The van der Waals surface area contributed by atoms with E-state index in [1.54, 1.807) is 4.31 Å². The number of sulfonamides is 1. The first-order chi connectivity index (χ1) is 11.3. The summed E-state index contributed by atoms with van der Waals surface area (Å²) < 4.78 is 24.8. The number of nitrogens with zero attached hydrogens (tertiary/aromatic N) is 3. The van der Waals surface area contributed by atoms with E-state index in [9.17, 15) is 8.42 Å². The number of rotatable bonds is 5. The molecule has 0 spiro atoms. The molecule has 0 aliphatic carbocycles. The Morgan fingerprint density at radius 1 is 1.32 bits per heavy atom. The molecular weight excluding hydrogens is 471 g/mol. The molecule has 0 aromatic carbocycles. The van der Waals surface area contributed by atoms with Crippen molar-refractivity contribution in [1.29, 1.82) is 0 Å². The normalized spacial score (nSPS) is 26.0. The number of hydrogen-bond acceptors (Lipinski definition) is 4. The van der Waals surface area contributed by atoms with Crippen molar-refractivity contribution in [3.63, 3.8) is 0 Å². The minimum absolute atomic E-state index is 0. The van der Waals surface area contributed by atoms with Gasteiger partial charge in [0, 0.05) is 50.3 Å². The fraction of sp³-hybridized carbons (Fsp3) is 0.938. The summed E-state index contributed by atoms with van der Waals surface area (Å²) in [7, 11) is -3.07. The second-order valence-corrected chi connectivity index (χ2v) is 10.4. The zero-order valence-electron chi connectivity index (χ0n) is 15.8. The van der Waals surface area contributed by atoms with Crippen LogP contribution in [0.1, 0.15) is 27.2 Å². The van der Waals surface area contributed by atoms with E-state index in [1.165, 1.54) is 6.26 Å². The van der Waals surface area contributed by atoms with Gasteiger partial charge in [-0.1, -0.05) is 13.8 Å². The van der Waals surface area contributed by atoms with Crippen LogP contribution in [0.15, 0.2) is 4.99 Å². The predicted octanol–water partition coefficient (Wildman–Crippen LogP) is 1.92. The van der Waals surface area contributed by atoms with Gasteiger partial charge in [-0.2, -0.15) is 11.8 Å². The molecule has 2 aliphatic heterocycles. The van der Waals surface area contributed by atoms with Gasteiger partial charge in [0.1, 0.15) is 0 Å². The maximum absolute atomic E-state index is 11.6. The van der Waals surface area contributed by atoms with Crippen LogP contribution in [0.4, 0.5) is 0 Å². The standard InChI is InChI=1S/C16H32N4O2S2.HI/c1-5-17-16(19-8-9-23-15(12-19)13(2)3)18-10-14-6-7-20(11-14)24(4,21)22;/h13-15H,5-12H2,1-4H3,(H,17,18);1H. The lowest BCUT2D eigenvalue weighted by atomic mass is 10.1. The molecule has 2 fully saturated rings. The molecule has 0 radical (unpaired) electrons. The number of nitrogens with one attached hydrogen (secondary N) is 1. The highest BCUT2D eigenvalue weighted by Crippen LogP contribution is 2.25. The van der Waals surface area contributed by atoms with E-state index in [0.29, 0.717) is 36.7 Å². The van der Waals surface area contributed by atoms with E-state index in [1.807, 2.05) is 0 Å². The van der Waals surface area contributed by atoms with Gasteiger partial charge in [-0.15, -0.1) is 24.0 Å². The van der Waals surface area contributed by atoms with Gasteiger partial charge in [0.05, 0.1) is 6.26 Å². The van der Waals surface area contributed by atoms with E-state index < -0.39 is 10.0 Å². The molecule has 2 unspecified atom stereocenters. The van der Waals surface area contributed by atoms with Crippen molar-refractivity contribution in [3.8, 4) is 0 Å². The van der Waals surface area contributed by atoms with Crippen molar-refractivity contribution in [1.82, 2.24) is 14.5 Å². The van der Waals surface area contributed by atoms with Gasteiger partial charge >= 0.3 is 0 Å².